The van der Waals surface area contributed by atoms with Gasteiger partial charge in [-0.1, -0.05) is 13.8 Å². The first-order valence-electron chi connectivity index (χ1n) is 6.50. The number of hydrogen-bond donors (Lipinski definition) is 2. The first-order valence-corrected chi connectivity index (χ1v) is 7.38. The van der Waals surface area contributed by atoms with Crippen molar-refractivity contribution in [3.8, 4) is 0 Å². The van der Waals surface area contributed by atoms with Gasteiger partial charge in [-0.05, 0) is 25.9 Å². The highest BCUT2D eigenvalue weighted by Gasteiger charge is 2.34. The van der Waals surface area contributed by atoms with Gasteiger partial charge in [0.1, 0.15) is 0 Å². The third kappa shape index (κ3) is 3.09. The number of hydrogen-bond acceptors (Lipinski definition) is 4. The molecule has 1 aromatic rings. The highest BCUT2D eigenvalue weighted by Crippen LogP contribution is 2.28. The number of amides is 1. The molecule has 0 saturated carbocycles. The second kappa shape index (κ2) is 5.80. The molecule has 1 aromatic heterocycles. The normalized spacial score (nSPS) is 20.3. The molecule has 0 bridgehead atoms. The van der Waals surface area contributed by atoms with E-state index in [2.05, 4.69) is 29.5 Å². The zero-order chi connectivity index (χ0) is 13.0. The van der Waals surface area contributed by atoms with Crippen molar-refractivity contribution in [2.75, 3.05) is 19.6 Å². The molecular formula is C13H21N3OS. The average molecular weight is 267 g/mol. The molecule has 2 heterocycles. The summed E-state index contributed by atoms with van der Waals surface area (Å²) in [5, 5.41) is 9.44. The number of carbonyl (C=O) groups is 1. The van der Waals surface area contributed by atoms with Crippen LogP contribution in [0.3, 0.4) is 0 Å². The lowest BCUT2D eigenvalue weighted by Gasteiger charge is -2.32. The average Bonchev–Trinajstić information content (AvgIpc) is 2.90. The Morgan fingerprint density at radius 1 is 1.61 bits per heavy atom. The predicted molar refractivity (Wildman–Crippen MR) is 73.7 cm³/mol. The maximum absolute atomic E-state index is 12.2. The van der Waals surface area contributed by atoms with Gasteiger partial charge < -0.3 is 10.6 Å². The molecule has 0 aliphatic carbocycles. The van der Waals surface area contributed by atoms with E-state index in [0.29, 0.717) is 12.5 Å². The van der Waals surface area contributed by atoms with Gasteiger partial charge >= 0.3 is 0 Å². The fourth-order valence-corrected chi connectivity index (χ4v) is 2.93. The molecule has 1 unspecified atom stereocenters. The number of nitrogens with zero attached hydrogens (tertiary/aromatic N) is 1. The summed E-state index contributed by atoms with van der Waals surface area (Å²) in [5.74, 6) is 0.478. The number of aromatic nitrogens is 1. The van der Waals surface area contributed by atoms with E-state index >= 15 is 0 Å². The Balaban J connectivity index is 1.84. The number of piperidine rings is 1. The Morgan fingerprint density at radius 2 is 2.33 bits per heavy atom. The van der Waals surface area contributed by atoms with E-state index in [-0.39, 0.29) is 11.3 Å². The zero-order valence-electron chi connectivity index (χ0n) is 11.0. The van der Waals surface area contributed by atoms with E-state index in [4.69, 9.17) is 0 Å². The summed E-state index contributed by atoms with van der Waals surface area (Å²) >= 11 is 1.64. The molecule has 1 aliphatic heterocycles. The first-order chi connectivity index (χ1) is 8.62. The van der Waals surface area contributed by atoms with Gasteiger partial charge in [-0.15, -0.1) is 11.3 Å². The van der Waals surface area contributed by atoms with Crippen LogP contribution in [0.2, 0.25) is 0 Å². The van der Waals surface area contributed by atoms with Crippen LogP contribution in [0, 0.1) is 5.41 Å². The maximum Gasteiger partial charge on any atom is 0.226 e. The Morgan fingerprint density at radius 3 is 2.94 bits per heavy atom. The van der Waals surface area contributed by atoms with Gasteiger partial charge in [0, 0.05) is 29.5 Å². The highest BCUT2D eigenvalue weighted by molar-refractivity contribution is 7.09. The third-order valence-electron chi connectivity index (χ3n) is 3.70. The van der Waals surface area contributed by atoms with Crippen LogP contribution in [0.25, 0.3) is 0 Å². The molecular weight excluding hydrogens is 246 g/mol. The summed E-state index contributed by atoms with van der Waals surface area (Å²) < 4.78 is 0. The Kier molecular flexibility index (Phi) is 4.35. The Bertz CT molecular complexity index is 385. The van der Waals surface area contributed by atoms with Crippen molar-refractivity contribution >= 4 is 17.2 Å². The van der Waals surface area contributed by atoms with Crippen molar-refractivity contribution in [3.05, 3.63) is 16.6 Å². The van der Waals surface area contributed by atoms with E-state index in [1.165, 1.54) is 0 Å². The summed E-state index contributed by atoms with van der Waals surface area (Å²) in [6.07, 6.45) is 3.65. The predicted octanol–water partition coefficient (Wildman–Crippen LogP) is 1.75. The van der Waals surface area contributed by atoms with Gasteiger partial charge in [0.25, 0.3) is 0 Å². The van der Waals surface area contributed by atoms with Gasteiger partial charge in [-0.25, -0.2) is 4.98 Å². The lowest BCUT2D eigenvalue weighted by atomic mass is 9.80. The summed E-state index contributed by atoms with van der Waals surface area (Å²) in [4.78, 5) is 16.5. The van der Waals surface area contributed by atoms with Gasteiger partial charge in [0.05, 0.1) is 5.01 Å². The SMILES string of the molecule is CC(CNC(=O)C1(C)CCNCC1)c1nccs1. The van der Waals surface area contributed by atoms with Crippen molar-refractivity contribution in [2.45, 2.75) is 32.6 Å². The molecule has 18 heavy (non-hydrogen) atoms. The number of nitrogens with one attached hydrogen (secondary N) is 2. The molecule has 0 aromatic carbocycles. The Hall–Kier alpha value is -0.940. The molecule has 1 fully saturated rings. The fourth-order valence-electron chi connectivity index (χ4n) is 2.23. The van der Waals surface area contributed by atoms with E-state index in [9.17, 15) is 4.79 Å². The highest BCUT2D eigenvalue weighted by atomic mass is 32.1. The lowest BCUT2D eigenvalue weighted by molar-refractivity contribution is -0.131. The smallest absolute Gasteiger partial charge is 0.226 e. The molecule has 4 nitrogen and oxygen atoms in total. The van der Waals surface area contributed by atoms with Gasteiger partial charge in [-0.2, -0.15) is 0 Å². The van der Waals surface area contributed by atoms with Crippen molar-refractivity contribution in [1.29, 1.82) is 0 Å². The Labute approximate surface area is 112 Å². The minimum absolute atomic E-state index is 0.187. The van der Waals surface area contributed by atoms with Gasteiger partial charge in [0.2, 0.25) is 5.91 Å². The zero-order valence-corrected chi connectivity index (χ0v) is 11.8. The second-order valence-corrected chi connectivity index (χ2v) is 6.22. The fraction of sp³-hybridized carbons (Fsp3) is 0.692. The standard InChI is InChI=1S/C13H21N3OS/c1-10(11-15-7-8-18-11)9-16-12(17)13(2)3-5-14-6-4-13/h7-8,10,14H,3-6,9H2,1-2H3,(H,16,17). The topological polar surface area (TPSA) is 54.0 Å². The molecule has 0 spiro atoms. The molecule has 100 valence electrons. The maximum atomic E-state index is 12.2. The minimum atomic E-state index is -0.201. The van der Waals surface area contributed by atoms with Crippen LogP contribution in [-0.2, 0) is 4.79 Å². The van der Waals surface area contributed by atoms with Crippen LogP contribution in [-0.4, -0.2) is 30.5 Å². The molecule has 1 amide bonds. The lowest BCUT2D eigenvalue weighted by Crippen LogP contribution is -2.46. The summed E-state index contributed by atoms with van der Waals surface area (Å²) in [6.45, 7) is 6.72. The largest absolute Gasteiger partial charge is 0.355 e. The van der Waals surface area contributed by atoms with E-state index in [0.717, 1.165) is 30.9 Å². The van der Waals surface area contributed by atoms with E-state index in [1.807, 2.05) is 11.6 Å². The molecule has 1 aliphatic rings. The summed E-state index contributed by atoms with van der Waals surface area (Å²) in [5.41, 5.74) is -0.201. The van der Waals surface area contributed by atoms with Crippen LogP contribution >= 0.6 is 11.3 Å². The quantitative estimate of drug-likeness (QED) is 0.874. The van der Waals surface area contributed by atoms with Gasteiger partial charge in [0.15, 0.2) is 0 Å². The first kappa shape index (κ1) is 13.5. The minimum Gasteiger partial charge on any atom is -0.355 e. The van der Waals surface area contributed by atoms with Crippen LogP contribution in [0.1, 0.15) is 37.6 Å². The monoisotopic (exact) mass is 267 g/mol. The van der Waals surface area contributed by atoms with Crippen molar-refractivity contribution in [2.24, 2.45) is 5.41 Å². The van der Waals surface area contributed by atoms with Crippen LogP contribution in [0.15, 0.2) is 11.6 Å². The molecule has 1 saturated heterocycles. The van der Waals surface area contributed by atoms with Crippen molar-refractivity contribution < 1.29 is 4.79 Å². The molecule has 1 atom stereocenters. The third-order valence-corrected chi connectivity index (χ3v) is 4.70. The number of thiazole rings is 1. The molecule has 2 rings (SSSR count). The summed E-state index contributed by atoms with van der Waals surface area (Å²) in [6, 6.07) is 0. The van der Waals surface area contributed by atoms with Crippen LogP contribution in [0.5, 0.6) is 0 Å². The number of carbonyl (C=O) groups excluding carboxylic acids is 1. The van der Waals surface area contributed by atoms with E-state index in [1.54, 1.807) is 11.3 Å². The second-order valence-electron chi connectivity index (χ2n) is 5.29. The van der Waals surface area contributed by atoms with Crippen LogP contribution in [0.4, 0.5) is 0 Å². The number of rotatable bonds is 4. The van der Waals surface area contributed by atoms with Crippen LogP contribution < -0.4 is 10.6 Å². The van der Waals surface area contributed by atoms with Gasteiger partial charge in [-0.3, -0.25) is 4.79 Å². The van der Waals surface area contributed by atoms with E-state index < -0.39 is 0 Å². The molecule has 0 radical (unpaired) electrons. The summed E-state index contributed by atoms with van der Waals surface area (Å²) in [7, 11) is 0. The van der Waals surface area contributed by atoms with Crippen molar-refractivity contribution in [1.82, 2.24) is 15.6 Å². The van der Waals surface area contributed by atoms with Crippen molar-refractivity contribution in [3.63, 3.8) is 0 Å². The molecule has 2 N–H and O–H groups in total. The molecule has 5 heteroatoms.